The second-order valence-corrected chi connectivity index (χ2v) is 14.0. The fourth-order valence-electron chi connectivity index (χ4n) is 7.41. The lowest BCUT2D eigenvalue weighted by Crippen LogP contribution is -2.00. The van der Waals surface area contributed by atoms with Crippen LogP contribution in [0.15, 0.2) is 180 Å². The molecule has 1 unspecified atom stereocenters. The van der Waals surface area contributed by atoms with E-state index in [0.29, 0.717) is 11.8 Å². The third kappa shape index (κ3) is 7.55. The SMILES string of the molecule is C=C\C(=C/C=C(/C1=C/C=C\C=C(/C)CC1)C(C)C)c1c2ccccc2c(C2=C/C(C)C/C=C(C3=C(C)CC=CC=C3)/C=C\2)c2ccccc12. The molecule has 0 N–H and O–H groups in total. The summed E-state index contributed by atoms with van der Waals surface area (Å²) in [5.74, 6) is 0.811. The van der Waals surface area contributed by atoms with E-state index in [1.165, 1.54) is 71.7 Å². The zero-order chi connectivity index (χ0) is 34.3. The van der Waals surface area contributed by atoms with Crippen LogP contribution in [-0.4, -0.2) is 0 Å². The predicted molar refractivity (Wildman–Crippen MR) is 217 cm³/mol. The van der Waals surface area contributed by atoms with E-state index in [0.717, 1.165) is 31.3 Å². The molecule has 0 fully saturated rings. The van der Waals surface area contributed by atoms with E-state index in [-0.39, 0.29) is 0 Å². The zero-order valence-corrected chi connectivity index (χ0v) is 30.0. The van der Waals surface area contributed by atoms with Crippen LogP contribution in [0.1, 0.15) is 71.4 Å². The first-order chi connectivity index (χ1) is 23.9. The summed E-state index contributed by atoms with van der Waals surface area (Å²) in [6.45, 7) is 15.8. The number of fused-ring (bicyclic) bond motifs is 2. The smallest absolute Gasteiger partial charge is 0.00266 e. The summed E-state index contributed by atoms with van der Waals surface area (Å²) < 4.78 is 0. The summed E-state index contributed by atoms with van der Waals surface area (Å²) in [4.78, 5) is 0. The van der Waals surface area contributed by atoms with Gasteiger partial charge in [-0.05, 0) is 117 Å². The summed E-state index contributed by atoms with van der Waals surface area (Å²) in [6.07, 6.45) is 38.2. The van der Waals surface area contributed by atoms with Crippen LogP contribution >= 0.6 is 0 Å². The molecule has 0 aromatic heterocycles. The van der Waals surface area contributed by atoms with Crippen molar-refractivity contribution in [3.63, 3.8) is 0 Å². The largest absolute Gasteiger partial charge is 0.0984 e. The Balaban J connectivity index is 1.52. The Morgan fingerprint density at radius 3 is 2.14 bits per heavy atom. The van der Waals surface area contributed by atoms with Crippen LogP contribution in [0.4, 0.5) is 0 Å². The molecule has 6 rings (SSSR count). The predicted octanol–water partition coefficient (Wildman–Crippen LogP) is 14.1. The van der Waals surface area contributed by atoms with Gasteiger partial charge in [0, 0.05) is 0 Å². The molecule has 0 amide bonds. The maximum Gasteiger partial charge on any atom is -0.00266 e. The average molecular weight is 639 g/mol. The molecule has 3 aromatic rings. The van der Waals surface area contributed by atoms with Crippen molar-refractivity contribution in [3.8, 4) is 0 Å². The normalized spacial score (nSPS) is 24.7. The van der Waals surface area contributed by atoms with Gasteiger partial charge in [-0.3, -0.25) is 0 Å². The highest BCUT2D eigenvalue weighted by Crippen LogP contribution is 2.42. The van der Waals surface area contributed by atoms with E-state index in [4.69, 9.17) is 0 Å². The van der Waals surface area contributed by atoms with Crippen LogP contribution in [-0.2, 0) is 0 Å². The van der Waals surface area contributed by atoms with E-state index < -0.39 is 0 Å². The van der Waals surface area contributed by atoms with E-state index in [9.17, 15) is 0 Å². The van der Waals surface area contributed by atoms with Crippen LogP contribution in [0.3, 0.4) is 0 Å². The number of rotatable bonds is 7. The Morgan fingerprint density at radius 1 is 0.776 bits per heavy atom. The lowest BCUT2D eigenvalue weighted by atomic mass is 9.83. The third-order valence-corrected chi connectivity index (χ3v) is 10.1. The van der Waals surface area contributed by atoms with E-state index >= 15 is 0 Å². The van der Waals surface area contributed by atoms with Crippen molar-refractivity contribution in [2.75, 3.05) is 0 Å². The Labute approximate surface area is 294 Å². The lowest BCUT2D eigenvalue weighted by molar-refractivity contribution is 0.743. The van der Waals surface area contributed by atoms with Gasteiger partial charge in [0.2, 0.25) is 0 Å². The average Bonchev–Trinajstić information content (AvgIpc) is 3.30. The van der Waals surface area contributed by atoms with Crippen molar-refractivity contribution in [2.24, 2.45) is 11.8 Å². The molecule has 246 valence electrons. The van der Waals surface area contributed by atoms with Gasteiger partial charge in [0.1, 0.15) is 0 Å². The quantitative estimate of drug-likeness (QED) is 0.178. The van der Waals surface area contributed by atoms with Gasteiger partial charge < -0.3 is 0 Å². The minimum absolute atomic E-state index is 0.404. The highest BCUT2D eigenvalue weighted by Gasteiger charge is 2.19. The monoisotopic (exact) mass is 638 g/mol. The van der Waals surface area contributed by atoms with Crippen molar-refractivity contribution in [1.82, 2.24) is 0 Å². The highest BCUT2D eigenvalue weighted by molar-refractivity contribution is 6.17. The molecule has 0 radical (unpaired) electrons. The molecule has 0 heteroatoms. The Bertz CT molecular complexity index is 2060. The fourth-order valence-corrected chi connectivity index (χ4v) is 7.41. The first-order valence-corrected chi connectivity index (χ1v) is 18.0. The molecular formula is C49H50. The third-order valence-electron chi connectivity index (χ3n) is 10.1. The Kier molecular flexibility index (Phi) is 10.8. The number of allylic oxidation sites excluding steroid dienone is 23. The van der Waals surface area contributed by atoms with E-state index in [2.05, 4.69) is 175 Å². The molecule has 0 nitrogen and oxygen atoms in total. The molecule has 3 aromatic carbocycles. The highest BCUT2D eigenvalue weighted by atomic mass is 14.2. The minimum atomic E-state index is 0.404. The summed E-state index contributed by atoms with van der Waals surface area (Å²) in [6, 6.07) is 17.9. The molecule has 3 aliphatic rings. The van der Waals surface area contributed by atoms with Crippen LogP contribution in [0.2, 0.25) is 0 Å². The first kappa shape index (κ1) is 33.9. The van der Waals surface area contributed by atoms with Gasteiger partial charge in [0.15, 0.2) is 0 Å². The van der Waals surface area contributed by atoms with Crippen LogP contribution in [0, 0.1) is 11.8 Å². The molecule has 0 saturated heterocycles. The van der Waals surface area contributed by atoms with Gasteiger partial charge >= 0.3 is 0 Å². The molecule has 49 heavy (non-hydrogen) atoms. The number of hydrogen-bond acceptors (Lipinski definition) is 0. The Morgan fingerprint density at radius 2 is 1.45 bits per heavy atom. The van der Waals surface area contributed by atoms with E-state index in [1.54, 1.807) is 0 Å². The molecule has 0 bridgehead atoms. The zero-order valence-electron chi connectivity index (χ0n) is 30.0. The van der Waals surface area contributed by atoms with Crippen molar-refractivity contribution in [1.29, 1.82) is 0 Å². The lowest BCUT2D eigenvalue weighted by Gasteiger charge is -2.21. The second-order valence-electron chi connectivity index (χ2n) is 14.0. The maximum absolute atomic E-state index is 4.36. The summed E-state index contributed by atoms with van der Waals surface area (Å²) in [5.41, 5.74) is 13.3. The van der Waals surface area contributed by atoms with Gasteiger partial charge in [-0.15, -0.1) is 0 Å². The first-order valence-electron chi connectivity index (χ1n) is 18.0. The van der Waals surface area contributed by atoms with Crippen LogP contribution < -0.4 is 0 Å². The number of hydrogen-bond donors (Lipinski definition) is 0. The molecule has 0 spiro atoms. The van der Waals surface area contributed by atoms with Gasteiger partial charge in [0.05, 0.1) is 0 Å². The summed E-state index contributed by atoms with van der Waals surface area (Å²) in [7, 11) is 0. The molecule has 1 atom stereocenters. The molecule has 0 saturated carbocycles. The molecular weight excluding hydrogens is 589 g/mol. The van der Waals surface area contributed by atoms with Crippen molar-refractivity contribution >= 4 is 32.7 Å². The molecule has 0 aliphatic heterocycles. The maximum atomic E-state index is 4.36. The van der Waals surface area contributed by atoms with Gasteiger partial charge in [-0.25, -0.2) is 0 Å². The standard InChI is InChI=1S/C49H50/c1-7-38(31-32-42(34(2)3)39-19-12-11-17-35(4)25-27-39)48-44-21-13-15-23-46(44)49(47-24-16-14-22-45(47)48)41-30-29-40(28-26-36(5)33-41)43-20-10-8-9-18-37(43)6/h7-17,19-24,28-34,36H,1,18,25-27H2,2-6H3/b12-11-,30-29-,35-17+,38-31+,39-19+,40-28-,41-33+,42-32+. The summed E-state index contributed by atoms with van der Waals surface area (Å²) in [5, 5.41) is 5.06. The second kappa shape index (κ2) is 15.5. The van der Waals surface area contributed by atoms with Gasteiger partial charge in [0.25, 0.3) is 0 Å². The van der Waals surface area contributed by atoms with Gasteiger partial charge in [-0.2, -0.15) is 0 Å². The fraction of sp³-hybridized carbons (Fsp3) is 0.224. The van der Waals surface area contributed by atoms with Crippen molar-refractivity contribution in [2.45, 2.75) is 60.3 Å². The van der Waals surface area contributed by atoms with Gasteiger partial charge in [-0.1, -0.05) is 178 Å². The summed E-state index contributed by atoms with van der Waals surface area (Å²) >= 11 is 0. The van der Waals surface area contributed by atoms with Crippen molar-refractivity contribution in [3.05, 3.63) is 191 Å². The van der Waals surface area contributed by atoms with Crippen molar-refractivity contribution < 1.29 is 0 Å². The number of benzene rings is 3. The Hall–Kier alpha value is -4.94. The molecule has 3 aliphatic carbocycles. The topological polar surface area (TPSA) is 0 Å². The van der Waals surface area contributed by atoms with Crippen LogP contribution in [0.5, 0.6) is 0 Å². The minimum Gasteiger partial charge on any atom is -0.0984 e. The molecule has 0 heterocycles. The van der Waals surface area contributed by atoms with E-state index in [1.807, 2.05) is 6.08 Å². The van der Waals surface area contributed by atoms with Crippen LogP contribution in [0.25, 0.3) is 32.7 Å².